The van der Waals surface area contributed by atoms with Gasteiger partial charge in [0.2, 0.25) is 0 Å². The summed E-state index contributed by atoms with van der Waals surface area (Å²) >= 11 is 0. The predicted molar refractivity (Wildman–Crippen MR) is 330 cm³/mol. The number of rotatable bonds is 16. The van der Waals surface area contributed by atoms with Crippen molar-refractivity contribution in [2.24, 2.45) is 0 Å². The van der Waals surface area contributed by atoms with E-state index in [1.54, 1.807) is 39.8 Å². The molecule has 10 heterocycles. The predicted octanol–water partition coefficient (Wildman–Crippen LogP) is 7.92. The van der Waals surface area contributed by atoms with E-state index in [1.807, 2.05) is 91.8 Å². The summed E-state index contributed by atoms with van der Waals surface area (Å²) < 4.78 is 0. The summed E-state index contributed by atoms with van der Waals surface area (Å²) in [5.41, 5.74) is 22.6. The first kappa shape index (κ1) is 66.6. The van der Waals surface area contributed by atoms with Gasteiger partial charge in [-0.05, 0) is 250 Å². The largest absolute Gasteiger partial charge is 4.00 e. The van der Waals surface area contributed by atoms with Crippen molar-refractivity contribution in [3.8, 4) is 0 Å². The van der Waals surface area contributed by atoms with Gasteiger partial charge in [0.25, 0.3) is 0 Å². The number of aliphatic hydroxyl groups excluding tert-OH is 4. The molecule has 0 spiro atoms. The van der Waals surface area contributed by atoms with E-state index in [0.29, 0.717) is 78.7 Å². The Morgan fingerprint density at radius 3 is 0.730 bits per heavy atom. The molecule has 4 aliphatic heterocycles. The number of allylic oxidation sites excluding steroid dienone is 8. The summed E-state index contributed by atoms with van der Waals surface area (Å²) in [6.07, 6.45) is -3.17. The Morgan fingerprint density at radius 2 is 0.528 bits per heavy atom. The van der Waals surface area contributed by atoms with Gasteiger partial charge in [0, 0.05) is 90.3 Å². The summed E-state index contributed by atoms with van der Waals surface area (Å²) in [6, 6.07) is 14.8. The first-order valence-corrected chi connectivity index (χ1v) is 29.4. The molecule has 21 heteroatoms. The zero-order valence-electron chi connectivity index (χ0n) is 51.7. The molecule has 0 aliphatic carbocycles. The van der Waals surface area contributed by atoms with E-state index < -0.39 is 48.3 Å². The number of hydrogen-bond acceptors (Lipinski definition) is 16. The van der Waals surface area contributed by atoms with Crippen LogP contribution in [0.4, 0.5) is 0 Å². The molecule has 4 atom stereocenters. The van der Waals surface area contributed by atoms with Crippen molar-refractivity contribution in [1.82, 2.24) is 39.9 Å². The van der Waals surface area contributed by atoms with Crippen molar-refractivity contribution in [3.05, 3.63) is 139 Å². The number of carbonyl (C=O) groups is 4. The number of aryl methyl sites for hydroxylation is 4. The van der Waals surface area contributed by atoms with Crippen LogP contribution in [-0.2, 0) is 40.2 Å². The number of fused-ring (bicyclic) bond motifs is 16. The van der Waals surface area contributed by atoms with Gasteiger partial charge in [0.05, 0.1) is 70.0 Å². The number of aliphatic carboxylic acids is 4. The molecular formula is C68H72N8O12Pt. The number of aliphatic hydroxyl groups is 4. The van der Waals surface area contributed by atoms with E-state index >= 15 is 0 Å². The summed E-state index contributed by atoms with van der Waals surface area (Å²) in [7, 11) is 0. The molecule has 0 fully saturated rings. The minimum Gasteiger partial charge on any atom is -0.550 e. The van der Waals surface area contributed by atoms with Crippen molar-refractivity contribution >= 4 is 113 Å². The maximum absolute atomic E-state index is 11.4. The average Bonchev–Trinajstić information content (AvgIpc) is 1.74. The average molecular weight is 1390 g/mol. The molecule has 8 N–H and O–H groups in total. The Kier molecular flexibility index (Phi) is 20.0. The molecule has 0 radical (unpaired) electrons. The molecule has 89 heavy (non-hydrogen) atoms. The van der Waals surface area contributed by atoms with Gasteiger partial charge in [0.1, 0.15) is 0 Å². The fourth-order valence-electron chi connectivity index (χ4n) is 12.6. The third kappa shape index (κ3) is 13.6. The number of carboxylic acids is 4. The van der Waals surface area contributed by atoms with Gasteiger partial charge in [-0.25, -0.2) is 19.9 Å². The minimum atomic E-state index is -1.18. The second-order valence-corrected chi connectivity index (χ2v) is 23.3. The van der Waals surface area contributed by atoms with E-state index in [4.69, 9.17) is 19.9 Å². The van der Waals surface area contributed by atoms with Crippen molar-refractivity contribution < 1.29 is 81.1 Å². The van der Waals surface area contributed by atoms with Gasteiger partial charge < -0.3 is 80.0 Å². The van der Waals surface area contributed by atoms with Crippen LogP contribution in [0, 0.1) is 27.7 Å². The minimum absolute atomic E-state index is 0. The first-order chi connectivity index (χ1) is 41.5. The van der Waals surface area contributed by atoms with Crippen molar-refractivity contribution in [1.29, 1.82) is 0 Å². The molecule has 4 unspecified atom stereocenters. The maximum atomic E-state index is 11.4. The quantitative estimate of drug-likeness (QED) is 0.0456. The second-order valence-electron chi connectivity index (χ2n) is 23.3. The van der Waals surface area contributed by atoms with Crippen LogP contribution in [0.2, 0.25) is 0 Å². The number of nitrogens with zero attached hydrogens (tertiary/aromatic N) is 4. The molecule has 0 amide bonds. The summed E-state index contributed by atoms with van der Waals surface area (Å²) in [6.45, 7) is 22.0. The van der Waals surface area contributed by atoms with Gasteiger partial charge >= 0.3 is 21.1 Å². The Hall–Kier alpha value is -8.39. The van der Waals surface area contributed by atoms with Crippen LogP contribution >= 0.6 is 0 Å². The van der Waals surface area contributed by atoms with Gasteiger partial charge in [-0.2, -0.15) is 0 Å². The number of hydrogen-bond donors (Lipinski definition) is 8. The van der Waals surface area contributed by atoms with Crippen LogP contribution in [-0.4, -0.2) is 84.2 Å². The molecule has 16 bridgehead atoms. The monoisotopic (exact) mass is 1390 g/mol. The molecular weight excluding hydrogens is 1320 g/mol. The summed E-state index contributed by atoms with van der Waals surface area (Å²) in [5.74, 6) is -4.71. The van der Waals surface area contributed by atoms with Crippen LogP contribution in [0.5, 0.6) is 0 Å². The van der Waals surface area contributed by atoms with E-state index in [2.05, 4.69) is 19.9 Å². The van der Waals surface area contributed by atoms with Gasteiger partial charge in [-0.1, -0.05) is 0 Å². The molecule has 0 aromatic carbocycles. The molecule has 4 aliphatic rings. The van der Waals surface area contributed by atoms with Crippen LogP contribution in [0.1, 0.15) is 221 Å². The first-order valence-electron chi connectivity index (χ1n) is 29.4. The molecule has 10 rings (SSSR count). The SMILES string of the molecule is CC1=C(CCC(=O)[O-])c2cc3nc(cc4[nH]c(cc5[nH]c(cc1n2)c(C)c5C(C)O)c(C)c4C(C)O)C(C)=C3CCC(=O)[O-].CC1=C(CCC(=O)[O-])c2cc3nc(cc4[nH]c(cc5[nH]c(cc1n2)c(C)c5C(C)O)c(C)c4C(C)O)C(C)=C3CCC(=O)[O-].[Pt+4]. The van der Waals surface area contributed by atoms with Crippen LogP contribution < -0.4 is 20.4 Å². The van der Waals surface area contributed by atoms with Crippen molar-refractivity contribution in [3.63, 3.8) is 0 Å². The number of aromatic nitrogens is 8. The van der Waals surface area contributed by atoms with Gasteiger partial charge in [0.15, 0.2) is 0 Å². The molecule has 20 nitrogen and oxygen atoms in total. The third-order valence-corrected chi connectivity index (χ3v) is 17.3. The number of carboxylic acid groups (broad SMARTS) is 4. The fraction of sp³-hybridized carbons (Fsp3) is 0.353. The Morgan fingerprint density at radius 1 is 0.337 bits per heavy atom. The number of aromatic amines is 4. The molecule has 466 valence electrons. The fourth-order valence-corrected chi connectivity index (χ4v) is 12.6. The van der Waals surface area contributed by atoms with Crippen molar-refractivity contribution in [2.45, 2.75) is 159 Å². The smallest absolute Gasteiger partial charge is 0.550 e. The Labute approximate surface area is 528 Å². The van der Waals surface area contributed by atoms with Crippen molar-refractivity contribution in [2.75, 3.05) is 0 Å². The maximum Gasteiger partial charge on any atom is 4.00 e. The zero-order valence-corrected chi connectivity index (χ0v) is 54.0. The van der Waals surface area contributed by atoms with E-state index in [9.17, 15) is 60.0 Å². The molecule has 6 aromatic rings. The van der Waals surface area contributed by atoms with E-state index in [0.717, 1.165) is 100 Å². The topological polar surface area (TPSA) is 356 Å². The number of carbonyl (C=O) groups excluding carboxylic acids is 4. The molecule has 0 saturated heterocycles. The standard InChI is InChI=1S/2C34H38N4O6.Pt/c2*1-15-21(7-9-31(41)42)27-14-28-22(8-10-32(43)44)16(2)24(36-28)12-29-34(20(6)40)18(4)26(38-29)13-30-33(19(5)39)17(3)25(37-30)11-23(15)35-27;/h2*11-14,19-20,37-40H,7-10H2,1-6H3,(H,41,42)(H,43,44);/q;;+4/p-4. The van der Waals surface area contributed by atoms with Crippen LogP contribution in [0.25, 0.3) is 88.7 Å². The van der Waals surface area contributed by atoms with Gasteiger partial charge in [-0.3, -0.25) is 0 Å². The van der Waals surface area contributed by atoms with E-state index in [-0.39, 0.29) is 72.4 Å². The van der Waals surface area contributed by atoms with Gasteiger partial charge in [-0.15, -0.1) is 0 Å². The Bertz CT molecular complexity index is 4130. The third-order valence-electron chi connectivity index (χ3n) is 17.3. The summed E-state index contributed by atoms with van der Waals surface area (Å²) in [4.78, 5) is 79.0. The zero-order chi connectivity index (χ0) is 64.1. The number of nitrogens with one attached hydrogen (secondary N) is 4. The van der Waals surface area contributed by atoms with Crippen LogP contribution in [0.15, 0.2) is 48.5 Å². The normalized spacial score (nSPS) is 14.6. The van der Waals surface area contributed by atoms with Crippen LogP contribution in [0.3, 0.4) is 0 Å². The molecule has 6 aromatic heterocycles. The second kappa shape index (κ2) is 26.7. The van der Waals surface area contributed by atoms with E-state index in [1.165, 1.54) is 0 Å². The summed E-state index contributed by atoms with van der Waals surface area (Å²) in [5, 5.41) is 88.8. The Balaban J connectivity index is 0.000000228. The number of H-pyrrole nitrogens is 4. The molecule has 0 saturated carbocycles.